The molecule has 1 aromatic carbocycles. The first-order valence-corrected chi connectivity index (χ1v) is 3.23. The molecule has 60 valence electrons. The molecule has 0 saturated heterocycles. The largest absolute Gasteiger partial charge is 0.364 e. The molecule has 0 heterocycles. The number of aliphatic hydroxyl groups is 2. The maximum absolute atomic E-state index is 12.6. The Balaban J connectivity index is 3.05. The van der Waals surface area contributed by atoms with Gasteiger partial charge < -0.3 is 10.2 Å². The molecule has 0 fully saturated rings. The third kappa shape index (κ3) is 1.76. The first-order chi connectivity index (χ1) is 5.11. The molecule has 3 heteroatoms. The predicted octanol–water partition coefficient (Wildman–Crippen LogP) is 1.12. The highest BCUT2D eigenvalue weighted by Crippen LogP contribution is 2.13. The SMILES string of the molecule is Cc1cc(C(O)O)ccc1F. The lowest BCUT2D eigenvalue weighted by atomic mass is 10.1. The van der Waals surface area contributed by atoms with E-state index >= 15 is 0 Å². The maximum atomic E-state index is 12.6. The summed E-state index contributed by atoms with van der Waals surface area (Å²) in [5.41, 5.74) is 0.722. The number of hydrogen-bond acceptors (Lipinski definition) is 2. The van der Waals surface area contributed by atoms with Crippen molar-refractivity contribution in [1.82, 2.24) is 0 Å². The van der Waals surface area contributed by atoms with Crippen LogP contribution < -0.4 is 0 Å². The van der Waals surface area contributed by atoms with Crippen LogP contribution in [0.15, 0.2) is 18.2 Å². The standard InChI is InChI=1S/C8H9FO2/c1-5-4-6(8(10)11)2-3-7(5)9/h2-4,8,10-11H,1H3. The van der Waals surface area contributed by atoms with E-state index in [1.807, 2.05) is 0 Å². The fourth-order valence-electron chi connectivity index (χ4n) is 0.828. The highest BCUT2D eigenvalue weighted by molar-refractivity contribution is 5.24. The Hall–Kier alpha value is -0.930. The molecule has 0 amide bonds. The van der Waals surface area contributed by atoms with E-state index in [1.165, 1.54) is 18.2 Å². The van der Waals surface area contributed by atoms with Crippen LogP contribution in [0.3, 0.4) is 0 Å². The van der Waals surface area contributed by atoms with Crippen LogP contribution in [-0.4, -0.2) is 10.2 Å². The second-order valence-electron chi connectivity index (χ2n) is 2.38. The van der Waals surface area contributed by atoms with Gasteiger partial charge in [-0.1, -0.05) is 6.07 Å². The molecular formula is C8H9FO2. The van der Waals surface area contributed by atoms with E-state index in [-0.39, 0.29) is 5.82 Å². The van der Waals surface area contributed by atoms with Gasteiger partial charge in [0.05, 0.1) is 0 Å². The van der Waals surface area contributed by atoms with Crippen LogP contribution in [0.2, 0.25) is 0 Å². The van der Waals surface area contributed by atoms with Gasteiger partial charge in [0.25, 0.3) is 0 Å². The Kier molecular flexibility index (Phi) is 2.22. The zero-order chi connectivity index (χ0) is 8.43. The van der Waals surface area contributed by atoms with Crippen molar-refractivity contribution in [3.63, 3.8) is 0 Å². The topological polar surface area (TPSA) is 40.5 Å². The van der Waals surface area contributed by atoms with Gasteiger partial charge in [-0.25, -0.2) is 4.39 Å². The highest BCUT2D eigenvalue weighted by Gasteiger charge is 2.03. The third-order valence-corrected chi connectivity index (χ3v) is 1.48. The molecule has 11 heavy (non-hydrogen) atoms. The fraction of sp³-hybridized carbons (Fsp3) is 0.250. The molecule has 0 saturated carbocycles. The van der Waals surface area contributed by atoms with Crippen molar-refractivity contribution in [3.05, 3.63) is 35.1 Å². The second kappa shape index (κ2) is 2.98. The van der Waals surface area contributed by atoms with Gasteiger partial charge in [-0.05, 0) is 24.6 Å². The number of aryl methyl sites for hydroxylation is 1. The van der Waals surface area contributed by atoms with Crippen LogP contribution in [-0.2, 0) is 0 Å². The summed E-state index contributed by atoms with van der Waals surface area (Å²) in [6, 6.07) is 3.96. The van der Waals surface area contributed by atoms with Gasteiger partial charge in [-0.15, -0.1) is 0 Å². The molecule has 0 atom stereocenters. The van der Waals surface area contributed by atoms with Gasteiger partial charge >= 0.3 is 0 Å². The third-order valence-electron chi connectivity index (χ3n) is 1.48. The Bertz CT molecular complexity index is 258. The number of halogens is 1. The first kappa shape index (κ1) is 8.17. The van der Waals surface area contributed by atoms with Gasteiger partial charge in [0, 0.05) is 5.56 Å². The maximum Gasteiger partial charge on any atom is 0.178 e. The zero-order valence-corrected chi connectivity index (χ0v) is 6.08. The van der Waals surface area contributed by atoms with E-state index in [0.717, 1.165) is 0 Å². The average molecular weight is 156 g/mol. The van der Waals surface area contributed by atoms with E-state index in [4.69, 9.17) is 10.2 Å². The minimum atomic E-state index is -1.52. The van der Waals surface area contributed by atoms with Gasteiger partial charge in [-0.3, -0.25) is 0 Å². The lowest BCUT2D eigenvalue weighted by molar-refractivity contribution is -0.0425. The Morgan fingerprint density at radius 3 is 2.45 bits per heavy atom. The molecule has 1 rings (SSSR count). The summed E-state index contributed by atoms with van der Waals surface area (Å²) in [7, 11) is 0. The molecule has 0 aromatic heterocycles. The van der Waals surface area contributed by atoms with E-state index in [2.05, 4.69) is 0 Å². The normalized spacial score (nSPS) is 10.6. The van der Waals surface area contributed by atoms with Crippen molar-refractivity contribution < 1.29 is 14.6 Å². The quantitative estimate of drug-likeness (QED) is 0.598. The van der Waals surface area contributed by atoms with Crippen LogP contribution in [0.5, 0.6) is 0 Å². The van der Waals surface area contributed by atoms with E-state index < -0.39 is 6.29 Å². The van der Waals surface area contributed by atoms with Crippen molar-refractivity contribution in [3.8, 4) is 0 Å². The van der Waals surface area contributed by atoms with E-state index in [0.29, 0.717) is 11.1 Å². The molecule has 2 nitrogen and oxygen atoms in total. The van der Waals surface area contributed by atoms with Gasteiger partial charge in [0.1, 0.15) is 5.82 Å². The van der Waals surface area contributed by atoms with E-state index in [9.17, 15) is 4.39 Å². The number of hydrogen-bond donors (Lipinski definition) is 2. The molecule has 0 spiro atoms. The molecule has 0 radical (unpaired) electrons. The summed E-state index contributed by atoms with van der Waals surface area (Å²) in [6.45, 7) is 1.57. The fourth-order valence-corrected chi connectivity index (χ4v) is 0.828. The van der Waals surface area contributed by atoms with Gasteiger partial charge in [0.15, 0.2) is 6.29 Å². The van der Waals surface area contributed by atoms with Crippen molar-refractivity contribution in [2.75, 3.05) is 0 Å². The molecular weight excluding hydrogens is 147 g/mol. The molecule has 0 unspecified atom stereocenters. The van der Waals surface area contributed by atoms with E-state index in [1.54, 1.807) is 6.92 Å². The smallest absolute Gasteiger partial charge is 0.178 e. The Labute approximate surface area is 63.9 Å². The Morgan fingerprint density at radius 1 is 1.36 bits per heavy atom. The summed E-state index contributed by atoms with van der Waals surface area (Å²) in [4.78, 5) is 0. The predicted molar refractivity (Wildman–Crippen MR) is 38.3 cm³/mol. The summed E-state index contributed by atoms with van der Waals surface area (Å²) < 4.78 is 12.6. The van der Waals surface area contributed by atoms with Gasteiger partial charge in [0.2, 0.25) is 0 Å². The molecule has 0 aliphatic rings. The summed E-state index contributed by atoms with van der Waals surface area (Å²) >= 11 is 0. The van der Waals surface area contributed by atoms with Crippen molar-refractivity contribution in [2.24, 2.45) is 0 Å². The monoisotopic (exact) mass is 156 g/mol. The molecule has 1 aromatic rings. The van der Waals surface area contributed by atoms with Crippen LogP contribution >= 0.6 is 0 Å². The average Bonchev–Trinajstić information content (AvgIpc) is 1.94. The minimum Gasteiger partial charge on any atom is -0.364 e. The van der Waals surface area contributed by atoms with Crippen molar-refractivity contribution in [1.29, 1.82) is 0 Å². The van der Waals surface area contributed by atoms with Crippen molar-refractivity contribution in [2.45, 2.75) is 13.2 Å². The lowest BCUT2D eigenvalue weighted by Crippen LogP contribution is -1.95. The number of benzene rings is 1. The first-order valence-electron chi connectivity index (χ1n) is 3.23. The summed E-state index contributed by atoms with van der Waals surface area (Å²) in [6.07, 6.45) is -1.52. The molecule has 0 aliphatic carbocycles. The van der Waals surface area contributed by atoms with Gasteiger partial charge in [-0.2, -0.15) is 0 Å². The lowest BCUT2D eigenvalue weighted by Gasteiger charge is -2.04. The highest BCUT2D eigenvalue weighted by atomic mass is 19.1. The molecule has 0 bridgehead atoms. The summed E-state index contributed by atoms with van der Waals surface area (Å²) in [5.74, 6) is -0.339. The number of rotatable bonds is 1. The Morgan fingerprint density at radius 2 is 2.00 bits per heavy atom. The van der Waals surface area contributed by atoms with Crippen LogP contribution in [0.1, 0.15) is 17.4 Å². The van der Waals surface area contributed by atoms with Crippen LogP contribution in [0.25, 0.3) is 0 Å². The minimum absolute atomic E-state index is 0.309. The second-order valence-corrected chi connectivity index (χ2v) is 2.38. The summed E-state index contributed by atoms with van der Waals surface area (Å²) in [5, 5.41) is 17.3. The molecule has 2 N–H and O–H groups in total. The molecule has 0 aliphatic heterocycles. The van der Waals surface area contributed by atoms with Crippen LogP contribution in [0, 0.1) is 12.7 Å². The van der Waals surface area contributed by atoms with Crippen molar-refractivity contribution >= 4 is 0 Å². The van der Waals surface area contributed by atoms with Crippen LogP contribution in [0.4, 0.5) is 4.39 Å². The zero-order valence-electron chi connectivity index (χ0n) is 6.08. The number of aliphatic hydroxyl groups excluding tert-OH is 1.